The molecular formula is C18H17N3O4S. The number of rotatable bonds is 4. The summed E-state index contributed by atoms with van der Waals surface area (Å²) in [6, 6.07) is 6.61. The van der Waals surface area contributed by atoms with Crippen molar-refractivity contribution in [2.45, 2.75) is 11.4 Å². The smallest absolute Gasteiger partial charge is 0.260 e. The summed E-state index contributed by atoms with van der Waals surface area (Å²) in [6.45, 7) is 0. The Bertz CT molecular complexity index is 874. The van der Waals surface area contributed by atoms with Crippen LogP contribution in [0.2, 0.25) is 0 Å². The van der Waals surface area contributed by atoms with E-state index in [4.69, 9.17) is 9.47 Å². The van der Waals surface area contributed by atoms with Gasteiger partial charge >= 0.3 is 0 Å². The lowest BCUT2D eigenvalue weighted by atomic mass is 10.1. The number of thioether (sulfide) groups is 1. The van der Waals surface area contributed by atoms with E-state index in [2.05, 4.69) is 10.3 Å². The van der Waals surface area contributed by atoms with Crippen molar-refractivity contribution in [1.82, 2.24) is 9.88 Å². The second kappa shape index (κ2) is 6.53. The summed E-state index contributed by atoms with van der Waals surface area (Å²) in [6.07, 6.45) is 3.21. The van der Waals surface area contributed by atoms with Gasteiger partial charge in [-0.3, -0.25) is 14.6 Å². The molecule has 1 aromatic carbocycles. The van der Waals surface area contributed by atoms with Gasteiger partial charge in [-0.1, -0.05) is 6.07 Å². The molecule has 0 aliphatic carbocycles. The molecule has 134 valence electrons. The highest BCUT2D eigenvalue weighted by molar-refractivity contribution is 7.99. The van der Waals surface area contributed by atoms with E-state index < -0.39 is 6.04 Å². The summed E-state index contributed by atoms with van der Waals surface area (Å²) in [5.74, 6) is 1.02. The molecule has 1 saturated heterocycles. The third kappa shape index (κ3) is 2.48. The van der Waals surface area contributed by atoms with E-state index in [1.807, 2.05) is 6.07 Å². The quantitative estimate of drug-likeness (QED) is 0.888. The number of aromatic nitrogens is 1. The van der Waals surface area contributed by atoms with Gasteiger partial charge in [0.05, 0.1) is 31.7 Å². The van der Waals surface area contributed by atoms with Gasteiger partial charge in [0.25, 0.3) is 5.91 Å². The first-order valence-electron chi connectivity index (χ1n) is 8.05. The number of amides is 2. The summed E-state index contributed by atoms with van der Waals surface area (Å²) in [7, 11) is 3.04. The SMILES string of the molecule is COc1ccc2c(c1OC)C(=O)N1[C@H](C(=O)Nc3cccnc3)CS[C@@H]21. The number of benzene rings is 1. The summed E-state index contributed by atoms with van der Waals surface area (Å²) in [4.78, 5) is 31.4. The van der Waals surface area contributed by atoms with Crippen LogP contribution in [-0.2, 0) is 4.79 Å². The van der Waals surface area contributed by atoms with Crippen molar-refractivity contribution in [3.8, 4) is 11.5 Å². The van der Waals surface area contributed by atoms with Gasteiger partial charge in [0, 0.05) is 17.5 Å². The van der Waals surface area contributed by atoms with Crippen LogP contribution < -0.4 is 14.8 Å². The van der Waals surface area contributed by atoms with E-state index in [1.54, 1.807) is 47.3 Å². The molecule has 2 amide bonds. The Morgan fingerprint density at radius 3 is 2.85 bits per heavy atom. The molecule has 8 heteroatoms. The van der Waals surface area contributed by atoms with E-state index in [-0.39, 0.29) is 17.2 Å². The molecule has 1 N–H and O–H groups in total. The Morgan fingerprint density at radius 2 is 2.15 bits per heavy atom. The molecule has 2 aromatic rings. The molecule has 2 atom stereocenters. The first-order chi connectivity index (χ1) is 12.7. The van der Waals surface area contributed by atoms with Crippen molar-refractivity contribution in [1.29, 1.82) is 0 Å². The first-order valence-corrected chi connectivity index (χ1v) is 9.10. The number of carbonyl (C=O) groups excluding carboxylic acids is 2. The minimum absolute atomic E-state index is 0.193. The molecule has 7 nitrogen and oxygen atoms in total. The Kier molecular flexibility index (Phi) is 4.20. The summed E-state index contributed by atoms with van der Waals surface area (Å²) in [5, 5.41) is 2.64. The highest BCUT2D eigenvalue weighted by Gasteiger charge is 2.50. The number of ether oxygens (including phenoxy) is 2. The fraction of sp³-hybridized carbons (Fsp3) is 0.278. The maximum atomic E-state index is 13.1. The molecule has 2 aliphatic rings. The van der Waals surface area contributed by atoms with Gasteiger partial charge in [0.1, 0.15) is 11.4 Å². The molecular weight excluding hydrogens is 354 g/mol. The number of carbonyl (C=O) groups is 2. The number of hydrogen-bond donors (Lipinski definition) is 1. The molecule has 2 aliphatic heterocycles. The van der Waals surface area contributed by atoms with E-state index in [1.165, 1.54) is 14.2 Å². The van der Waals surface area contributed by atoms with Gasteiger partial charge < -0.3 is 19.7 Å². The fourth-order valence-electron chi connectivity index (χ4n) is 3.36. The van der Waals surface area contributed by atoms with Crippen LogP contribution in [0.4, 0.5) is 5.69 Å². The second-order valence-corrected chi connectivity index (χ2v) is 7.02. The number of pyridine rings is 1. The lowest BCUT2D eigenvalue weighted by molar-refractivity contribution is -0.119. The van der Waals surface area contributed by atoms with Crippen LogP contribution in [0.25, 0.3) is 0 Å². The maximum absolute atomic E-state index is 13.1. The molecule has 1 aromatic heterocycles. The van der Waals surface area contributed by atoms with Crippen LogP contribution >= 0.6 is 11.8 Å². The number of nitrogens with one attached hydrogen (secondary N) is 1. The van der Waals surface area contributed by atoms with Crippen molar-refractivity contribution >= 4 is 29.3 Å². The van der Waals surface area contributed by atoms with Crippen molar-refractivity contribution < 1.29 is 19.1 Å². The Balaban J connectivity index is 1.64. The van der Waals surface area contributed by atoms with Gasteiger partial charge in [-0.2, -0.15) is 0 Å². The summed E-state index contributed by atoms with van der Waals surface area (Å²) in [5.41, 5.74) is 1.94. The van der Waals surface area contributed by atoms with Crippen LogP contribution in [0.15, 0.2) is 36.7 Å². The van der Waals surface area contributed by atoms with Gasteiger partial charge in [-0.15, -0.1) is 11.8 Å². The summed E-state index contributed by atoms with van der Waals surface area (Å²) < 4.78 is 10.7. The molecule has 1 fully saturated rings. The maximum Gasteiger partial charge on any atom is 0.260 e. The highest BCUT2D eigenvalue weighted by Crippen LogP contribution is 2.52. The zero-order valence-electron chi connectivity index (χ0n) is 14.3. The highest BCUT2D eigenvalue weighted by atomic mass is 32.2. The Hall–Kier alpha value is -2.74. The van der Waals surface area contributed by atoms with E-state index in [9.17, 15) is 9.59 Å². The molecule has 0 saturated carbocycles. The fourth-order valence-corrected chi connectivity index (χ4v) is 4.81. The van der Waals surface area contributed by atoms with E-state index >= 15 is 0 Å². The van der Waals surface area contributed by atoms with E-state index in [0.29, 0.717) is 28.5 Å². The number of methoxy groups -OCH3 is 2. The van der Waals surface area contributed by atoms with Crippen molar-refractivity contribution in [3.05, 3.63) is 47.8 Å². The van der Waals surface area contributed by atoms with Crippen molar-refractivity contribution in [2.75, 3.05) is 25.3 Å². The van der Waals surface area contributed by atoms with Crippen LogP contribution in [0, 0.1) is 0 Å². The first kappa shape index (κ1) is 16.7. The molecule has 0 bridgehead atoms. The second-order valence-electron chi connectivity index (χ2n) is 5.91. The van der Waals surface area contributed by atoms with Gasteiger partial charge in [-0.25, -0.2) is 0 Å². The predicted octanol–water partition coefficient (Wildman–Crippen LogP) is 2.31. The molecule has 26 heavy (non-hydrogen) atoms. The average Bonchev–Trinajstić information content (AvgIpc) is 3.22. The van der Waals surface area contributed by atoms with Gasteiger partial charge in [-0.05, 0) is 18.2 Å². The molecule has 0 spiro atoms. The third-order valence-corrected chi connectivity index (χ3v) is 5.83. The van der Waals surface area contributed by atoms with Gasteiger partial charge in [0.15, 0.2) is 11.5 Å². The average molecular weight is 371 g/mol. The summed E-state index contributed by atoms with van der Waals surface area (Å²) >= 11 is 1.57. The Labute approximate surface area is 154 Å². The minimum Gasteiger partial charge on any atom is -0.493 e. The van der Waals surface area contributed by atoms with E-state index in [0.717, 1.165) is 5.56 Å². The monoisotopic (exact) mass is 371 g/mol. The van der Waals surface area contributed by atoms with Crippen LogP contribution in [0.3, 0.4) is 0 Å². The van der Waals surface area contributed by atoms with Crippen LogP contribution in [0.1, 0.15) is 21.3 Å². The molecule has 0 radical (unpaired) electrons. The lowest BCUT2D eigenvalue weighted by Crippen LogP contribution is -2.42. The number of fused-ring (bicyclic) bond motifs is 3. The number of anilines is 1. The topological polar surface area (TPSA) is 80.8 Å². The Morgan fingerprint density at radius 1 is 1.31 bits per heavy atom. The predicted molar refractivity (Wildman–Crippen MR) is 97.6 cm³/mol. The minimum atomic E-state index is -0.555. The van der Waals surface area contributed by atoms with Crippen LogP contribution in [-0.4, -0.2) is 47.7 Å². The van der Waals surface area contributed by atoms with Crippen LogP contribution in [0.5, 0.6) is 11.5 Å². The normalized spacial score (nSPS) is 20.5. The zero-order valence-corrected chi connectivity index (χ0v) is 15.1. The van der Waals surface area contributed by atoms with Gasteiger partial charge in [0.2, 0.25) is 5.91 Å². The number of nitrogens with zero attached hydrogens (tertiary/aromatic N) is 2. The molecule has 3 heterocycles. The largest absolute Gasteiger partial charge is 0.493 e. The molecule has 4 rings (SSSR count). The van der Waals surface area contributed by atoms with Crippen molar-refractivity contribution in [2.24, 2.45) is 0 Å². The lowest BCUT2D eigenvalue weighted by Gasteiger charge is -2.22. The third-order valence-electron chi connectivity index (χ3n) is 4.52. The standard InChI is InChI=1S/C18H17N3O4S/c1-24-13-6-5-11-14(15(13)25-2)17(23)21-12(9-26-18(11)21)16(22)20-10-4-3-7-19-8-10/h3-8,12,18H,9H2,1-2H3,(H,20,22)/t12-,18-/m0/s1. The molecule has 0 unspecified atom stereocenters. The zero-order chi connectivity index (χ0) is 18.3. The number of hydrogen-bond acceptors (Lipinski definition) is 6. The van der Waals surface area contributed by atoms with Crippen molar-refractivity contribution in [3.63, 3.8) is 0 Å².